The second-order valence-electron chi connectivity index (χ2n) is 16.1. The Kier molecular flexibility index (Phi) is 14.5. The normalized spacial score (nSPS) is 23.0. The first-order valence-corrected chi connectivity index (χ1v) is 20.9. The molecule has 0 radical (unpaired) electrons. The maximum atomic E-state index is 12.9. The number of benzene rings is 2. The van der Waals surface area contributed by atoms with Gasteiger partial charge in [0.2, 0.25) is 5.91 Å². The van der Waals surface area contributed by atoms with Crippen LogP contribution in [0.5, 0.6) is 0 Å². The molecule has 0 saturated carbocycles. The number of carbonyl (C=O) groups excluding carboxylic acids is 3. The number of rotatable bonds is 11. The van der Waals surface area contributed by atoms with Crippen molar-refractivity contribution in [3.8, 4) is 0 Å². The van der Waals surface area contributed by atoms with Crippen LogP contribution in [0.3, 0.4) is 0 Å². The lowest BCUT2D eigenvalue weighted by molar-refractivity contribution is -0.138. The molecule has 0 unspecified atom stereocenters. The molecule has 2 atom stereocenters. The summed E-state index contributed by atoms with van der Waals surface area (Å²) in [6.07, 6.45) is 17.9. The van der Waals surface area contributed by atoms with Crippen LogP contribution in [0.25, 0.3) is 0 Å². The van der Waals surface area contributed by atoms with Gasteiger partial charge in [0.1, 0.15) is 12.6 Å². The molecule has 0 bridgehead atoms. The minimum absolute atomic E-state index is 0.233. The molecular weight excluding hydrogens is 647 g/mol. The van der Waals surface area contributed by atoms with Crippen molar-refractivity contribution in [2.45, 2.75) is 128 Å². The molecule has 1 amide bonds. The summed E-state index contributed by atoms with van der Waals surface area (Å²) < 4.78 is 0. The zero-order valence-electron chi connectivity index (χ0n) is 32.1. The van der Waals surface area contributed by atoms with Crippen LogP contribution in [0, 0.1) is 5.92 Å². The number of amides is 1. The lowest BCUT2D eigenvalue weighted by atomic mass is 9.85. The van der Waals surface area contributed by atoms with Gasteiger partial charge in [0.15, 0.2) is 0 Å². The van der Waals surface area contributed by atoms with Gasteiger partial charge in [0, 0.05) is 54.3 Å². The molecule has 7 rings (SSSR count). The number of nitrogens with one attached hydrogen (secondary N) is 2. The summed E-state index contributed by atoms with van der Waals surface area (Å²) in [5.74, 6) is 0.626. The Balaban J connectivity index is 0.000000187. The molecule has 2 N–H and O–H groups in total. The Labute approximate surface area is 313 Å². The lowest BCUT2D eigenvalue weighted by Gasteiger charge is -2.44. The van der Waals surface area contributed by atoms with Gasteiger partial charge in [0.25, 0.3) is 0 Å². The topological polar surface area (TPSA) is 85.0 Å². The van der Waals surface area contributed by atoms with E-state index in [0.717, 1.165) is 133 Å². The minimum atomic E-state index is 0.233. The van der Waals surface area contributed by atoms with Gasteiger partial charge in [-0.3, -0.25) is 24.2 Å². The van der Waals surface area contributed by atoms with E-state index in [9.17, 15) is 14.4 Å². The number of hydrogen-bond acceptors (Lipinski definition) is 7. The SMILES string of the molecule is CCCN(C1CCN(C(=O)C2CCNCC2)CC1)[C@@H]1CCc2ccc(C=O)cc2C1.CCCN(C1CCNCC1)[C@@H]1CCc2ccc(C=O)cc2C1. The molecular formula is C44H65N5O3. The molecule has 3 heterocycles. The van der Waals surface area contributed by atoms with Crippen molar-refractivity contribution < 1.29 is 14.4 Å². The lowest BCUT2D eigenvalue weighted by Crippen LogP contribution is -2.52. The van der Waals surface area contributed by atoms with Gasteiger partial charge in [-0.25, -0.2) is 0 Å². The second-order valence-corrected chi connectivity index (χ2v) is 16.1. The summed E-state index contributed by atoms with van der Waals surface area (Å²) in [6, 6.07) is 14.9. The number of aryl methyl sites for hydroxylation is 2. The first-order valence-electron chi connectivity index (χ1n) is 20.9. The van der Waals surface area contributed by atoms with E-state index in [2.05, 4.69) is 63.4 Å². The van der Waals surface area contributed by atoms with Gasteiger partial charge >= 0.3 is 0 Å². The molecule has 2 aromatic rings. The summed E-state index contributed by atoms with van der Waals surface area (Å²) in [7, 11) is 0. The number of carbonyl (C=O) groups is 3. The summed E-state index contributed by atoms with van der Waals surface area (Å²) in [5.41, 5.74) is 7.23. The fraction of sp³-hybridized carbons (Fsp3) is 0.659. The van der Waals surface area contributed by atoms with Crippen molar-refractivity contribution >= 4 is 18.5 Å². The highest BCUT2D eigenvalue weighted by Gasteiger charge is 2.34. The third-order valence-electron chi connectivity index (χ3n) is 12.8. The Morgan fingerprint density at radius 2 is 1.10 bits per heavy atom. The van der Waals surface area contributed by atoms with E-state index in [0.29, 0.717) is 24.0 Å². The van der Waals surface area contributed by atoms with Crippen molar-refractivity contribution in [2.24, 2.45) is 5.92 Å². The Morgan fingerprint density at radius 1 is 0.635 bits per heavy atom. The fourth-order valence-electron chi connectivity index (χ4n) is 9.95. The van der Waals surface area contributed by atoms with E-state index in [1.54, 1.807) is 0 Å². The Hall–Kier alpha value is -2.91. The maximum Gasteiger partial charge on any atom is 0.225 e. The highest BCUT2D eigenvalue weighted by molar-refractivity contribution is 5.79. The molecule has 3 saturated heterocycles. The monoisotopic (exact) mass is 712 g/mol. The van der Waals surface area contributed by atoms with Crippen LogP contribution in [0.1, 0.15) is 121 Å². The minimum Gasteiger partial charge on any atom is -0.342 e. The molecule has 8 heteroatoms. The molecule has 8 nitrogen and oxygen atoms in total. The summed E-state index contributed by atoms with van der Waals surface area (Å²) >= 11 is 0. The fourth-order valence-corrected chi connectivity index (χ4v) is 9.95. The number of hydrogen-bond donors (Lipinski definition) is 2. The van der Waals surface area contributed by atoms with Crippen LogP contribution in [0.4, 0.5) is 0 Å². The number of piperidine rings is 3. The van der Waals surface area contributed by atoms with Crippen molar-refractivity contribution in [2.75, 3.05) is 52.4 Å². The van der Waals surface area contributed by atoms with Crippen LogP contribution < -0.4 is 10.6 Å². The first-order chi connectivity index (χ1) is 25.5. The largest absolute Gasteiger partial charge is 0.342 e. The number of nitrogens with zero attached hydrogens (tertiary/aromatic N) is 3. The molecule has 0 spiro atoms. The van der Waals surface area contributed by atoms with Gasteiger partial charge in [-0.1, -0.05) is 38.1 Å². The van der Waals surface area contributed by atoms with Gasteiger partial charge in [-0.05, 0) is 164 Å². The van der Waals surface area contributed by atoms with Gasteiger partial charge in [-0.15, -0.1) is 0 Å². The van der Waals surface area contributed by atoms with Crippen LogP contribution in [-0.4, -0.2) is 110 Å². The Bertz CT molecular complexity index is 1460. The van der Waals surface area contributed by atoms with Gasteiger partial charge < -0.3 is 15.5 Å². The molecule has 3 aliphatic heterocycles. The third-order valence-corrected chi connectivity index (χ3v) is 12.8. The zero-order valence-corrected chi connectivity index (χ0v) is 32.1. The average Bonchev–Trinajstić information content (AvgIpc) is 3.21. The first kappa shape index (κ1) is 38.8. The van der Waals surface area contributed by atoms with Crippen LogP contribution in [0.15, 0.2) is 36.4 Å². The molecule has 5 aliphatic rings. The van der Waals surface area contributed by atoms with E-state index in [1.165, 1.54) is 60.9 Å². The molecule has 2 aliphatic carbocycles. The second kappa shape index (κ2) is 19.4. The van der Waals surface area contributed by atoms with Crippen LogP contribution >= 0.6 is 0 Å². The van der Waals surface area contributed by atoms with Crippen molar-refractivity contribution in [3.63, 3.8) is 0 Å². The highest BCUT2D eigenvalue weighted by atomic mass is 16.2. The zero-order chi connectivity index (χ0) is 36.3. The maximum absolute atomic E-state index is 12.9. The van der Waals surface area contributed by atoms with Crippen molar-refractivity contribution in [1.82, 2.24) is 25.3 Å². The average molecular weight is 712 g/mol. The summed E-state index contributed by atoms with van der Waals surface area (Å²) in [5, 5.41) is 6.84. The molecule has 284 valence electrons. The Morgan fingerprint density at radius 3 is 1.56 bits per heavy atom. The van der Waals surface area contributed by atoms with Crippen molar-refractivity contribution in [1.29, 1.82) is 0 Å². The predicted molar refractivity (Wildman–Crippen MR) is 210 cm³/mol. The van der Waals surface area contributed by atoms with Crippen LogP contribution in [0.2, 0.25) is 0 Å². The van der Waals surface area contributed by atoms with E-state index >= 15 is 0 Å². The molecule has 52 heavy (non-hydrogen) atoms. The number of fused-ring (bicyclic) bond motifs is 2. The van der Waals surface area contributed by atoms with E-state index in [4.69, 9.17) is 0 Å². The molecule has 2 aromatic carbocycles. The highest BCUT2D eigenvalue weighted by Crippen LogP contribution is 2.31. The molecule has 0 aromatic heterocycles. The molecule has 3 fully saturated rings. The predicted octanol–water partition coefficient (Wildman–Crippen LogP) is 5.88. The third kappa shape index (κ3) is 9.79. The standard InChI is InChI=1S/C25H37N3O2.C19H28N2O/c1-2-13-28(24-6-5-20-4-3-19(18-29)16-22(20)17-24)23-9-14-27(15-10-23)25(30)21-7-11-26-12-8-21;1-2-11-21(18-7-9-20-10-8-18)19-6-5-16-4-3-15(14-22)12-17(16)13-19/h3-4,16,18,21,23-24,26H,2,5-15,17H2,1H3;3-4,12,14,18-20H,2,5-11,13H2,1H3/t24-;19-/m11/s1. The van der Waals surface area contributed by atoms with Crippen LogP contribution in [-0.2, 0) is 30.5 Å². The van der Waals surface area contributed by atoms with Crippen molar-refractivity contribution in [3.05, 3.63) is 69.8 Å². The van der Waals surface area contributed by atoms with E-state index in [-0.39, 0.29) is 5.92 Å². The van der Waals surface area contributed by atoms with E-state index in [1.807, 2.05) is 12.1 Å². The number of aldehydes is 2. The summed E-state index contributed by atoms with van der Waals surface area (Å²) in [4.78, 5) is 42.8. The van der Waals surface area contributed by atoms with Gasteiger partial charge in [0.05, 0.1) is 0 Å². The number of likely N-dealkylation sites (tertiary alicyclic amines) is 1. The summed E-state index contributed by atoms with van der Waals surface area (Å²) in [6.45, 7) is 13.0. The van der Waals surface area contributed by atoms with Gasteiger partial charge in [-0.2, -0.15) is 0 Å². The smallest absolute Gasteiger partial charge is 0.225 e. The van der Waals surface area contributed by atoms with E-state index < -0.39 is 0 Å². The quantitative estimate of drug-likeness (QED) is 0.282.